The fraction of sp³-hybridized carbons (Fsp3) is 0.333. The van der Waals surface area contributed by atoms with Crippen LogP contribution in [0, 0.1) is 27.7 Å². The Morgan fingerprint density at radius 3 is 1.39 bits per heavy atom. The zero-order valence-electron chi connectivity index (χ0n) is 11.9. The third-order valence-electron chi connectivity index (χ3n) is 3.67. The SMILES string of the molecule is Cc1ccc(C)c(CCc2cc(C)ccc2C)c1. The molecule has 0 heterocycles. The minimum absolute atomic E-state index is 1.14. The van der Waals surface area contributed by atoms with Crippen molar-refractivity contribution in [2.45, 2.75) is 40.5 Å². The van der Waals surface area contributed by atoms with Crippen LogP contribution in [-0.4, -0.2) is 0 Å². The lowest BCUT2D eigenvalue weighted by atomic mass is 9.96. The second-order valence-corrected chi connectivity index (χ2v) is 5.36. The van der Waals surface area contributed by atoms with Crippen molar-refractivity contribution in [2.75, 3.05) is 0 Å². The molecule has 0 bridgehead atoms. The van der Waals surface area contributed by atoms with Crippen molar-refractivity contribution in [3.8, 4) is 0 Å². The lowest BCUT2D eigenvalue weighted by molar-refractivity contribution is 0.935. The van der Waals surface area contributed by atoms with E-state index in [1.54, 1.807) is 0 Å². The van der Waals surface area contributed by atoms with Crippen molar-refractivity contribution < 1.29 is 0 Å². The first kappa shape index (κ1) is 12.9. The normalized spacial score (nSPS) is 10.7. The Hall–Kier alpha value is -1.56. The average molecular weight is 238 g/mol. The molecule has 0 unspecified atom stereocenters. The molecule has 2 aromatic carbocycles. The van der Waals surface area contributed by atoms with E-state index in [-0.39, 0.29) is 0 Å². The Kier molecular flexibility index (Phi) is 3.86. The third-order valence-corrected chi connectivity index (χ3v) is 3.67. The van der Waals surface area contributed by atoms with Gasteiger partial charge in [-0.05, 0) is 62.8 Å². The molecule has 0 atom stereocenters. The summed E-state index contributed by atoms with van der Waals surface area (Å²) in [6.07, 6.45) is 2.27. The van der Waals surface area contributed by atoms with Gasteiger partial charge in [0.05, 0.1) is 0 Å². The van der Waals surface area contributed by atoms with Gasteiger partial charge in [0.25, 0.3) is 0 Å². The maximum Gasteiger partial charge on any atom is -0.0235 e. The van der Waals surface area contributed by atoms with E-state index in [0.29, 0.717) is 0 Å². The minimum atomic E-state index is 1.14. The number of benzene rings is 2. The van der Waals surface area contributed by atoms with E-state index >= 15 is 0 Å². The molecule has 0 N–H and O–H groups in total. The summed E-state index contributed by atoms with van der Waals surface area (Å²) >= 11 is 0. The monoisotopic (exact) mass is 238 g/mol. The Balaban J connectivity index is 2.16. The van der Waals surface area contributed by atoms with E-state index in [2.05, 4.69) is 64.1 Å². The van der Waals surface area contributed by atoms with Crippen molar-refractivity contribution in [3.05, 3.63) is 69.8 Å². The van der Waals surface area contributed by atoms with Crippen LogP contribution in [0.1, 0.15) is 33.4 Å². The Morgan fingerprint density at radius 2 is 1.00 bits per heavy atom. The number of aryl methyl sites for hydroxylation is 6. The molecule has 94 valence electrons. The van der Waals surface area contributed by atoms with E-state index in [1.165, 1.54) is 33.4 Å². The van der Waals surface area contributed by atoms with Crippen molar-refractivity contribution in [2.24, 2.45) is 0 Å². The van der Waals surface area contributed by atoms with Crippen molar-refractivity contribution in [3.63, 3.8) is 0 Å². The Labute approximate surface area is 111 Å². The first-order valence-electron chi connectivity index (χ1n) is 6.68. The molecule has 0 aromatic heterocycles. The van der Waals surface area contributed by atoms with Gasteiger partial charge in [-0.15, -0.1) is 0 Å². The summed E-state index contributed by atoms with van der Waals surface area (Å²) in [5, 5.41) is 0. The first-order chi connectivity index (χ1) is 8.56. The van der Waals surface area contributed by atoms with Crippen LogP contribution in [0.5, 0.6) is 0 Å². The lowest BCUT2D eigenvalue weighted by Crippen LogP contribution is -1.97. The molecule has 0 radical (unpaired) electrons. The number of hydrogen-bond acceptors (Lipinski definition) is 0. The second-order valence-electron chi connectivity index (χ2n) is 5.36. The summed E-state index contributed by atoms with van der Waals surface area (Å²) < 4.78 is 0. The highest BCUT2D eigenvalue weighted by molar-refractivity contribution is 5.34. The van der Waals surface area contributed by atoms with E-state index in [9.17, 15) is 0 Å². The summed E-state index contributed by atoms with van der Waals surface area (Å²) in [6, 6.07) is 13.5. The van der Waals surface area contributed by atoms with Crippen LogP contribution in [0.4, 0.5) is 0 Å². The highest BCUT2D eigenvalue weighted by Gasteiger charge is 2.02. The fourth-order valence-corrected chi connectivity index (χ4v) is 2.41. The van der Waals surface area contributed by atoms with Gasteiger partial charge in [-0.2, -0.15) is 0 Å². The van der Waals surface area contributed by atoms with E-state index in [1.807, 2.05) is 0 Å². The molecular weight excluding hydrogens is 216 g/mol. The highest BCUT2D eigenvalue weighted by atomic mass is 14.1. The van der Waals surface area contributed by atoms with Gasteiger partial charge in [-0.3, -0.25) is 0 Å². The summed E-state index contributed by atoms with van der Waals surface area (Å²) in [7, 11) is 0. The molecule has 0 fully saturated rings. The van der Waals surface area contributed by atoms with Gasteiger partial charge in [0.15, 0.2) is 0 Å². The molecule has 0 spiro atoms. The fourth-order valence-electron chi connectivity index (χ4n) is 2.41. The first-order valence-corrected chi connectivity index (χ1v) is 6.68. The standard InChI is InChI=1S/C18H22/c1-13-5-7-15(3)17(11-13)9-10-18-12-14(2)6-8-16(18)4/h5-8,11-12H,9-10H2,1-4H3. The Morgan fingerprint density at radius 1 is 0.611 bits per heavy atom. The van der Waals surface area contributed by atoms with Gasteiger partial charge in [0.1, 0.15) is 0 Å². The molecule has 0 aliphatic carbocycles. The quantitative estimate of drug-likeness (QED) is 0.726. The van der Waals surface area contributed by atoms with Crippen LogP contribution in [-0.2, 0) is 12.8 Å². The van der Waals surface area contributed by atoms with Crippen LogP contribution >= 0.6 is 0 Å². The molecular formula is C18H22. The van der Waals surface area contributed by atoms with E-state index < -0.39 is 0 Å². The van der Waals surface area contributed by atoms with Gasteiger partial charge in [0, 0.05) is 0 Å². The van der Waals surface area contributed by atoms with Gasteiger partial charge in [-0.25, -0.2) is 0 Å². The predicted octanol–water partition coefficient (Wildman–Crippen LogP) is 4.71. The molecule has 0 amide bonds. The second kappa shape index (κ2) is 5.39. The molecule has 0 aliphatic heterocycles. The lowest BCUT2D eigenvalue weighted by Gasteiger charge is -2.10. The summed E-state index contributed by atoms with van der Waals surface area (Å²) in [5.74, 6) is 0. The predicted molar refractivity (Wildman–Crippen MR) is 79.2 cm³/mol. The van der Waals surface area contributed by atoms with Crippen LogP contribution in [0.15, 0.2) is 36.4 Å². The van der Waals surface area contributed by atoms with Crippen molar-refractivity contribution in [1.82, 2.24) is 0 Å². The van der Waals surface area contributed by atoms with Gasteiger partial charge in [-0.1, -0.05) is 47.5 Å². The maximum atomic E-state index is 2.32. The smallest absolute Gasteiger partial charge is 0.0235 e. The molecule has 0 heteroatoms. The summed E-state index contributed by atoms with van der Waals surface area (Å²) in [4.78, 5) is 0. The third kappa shape index (κ3) is 3.01. The Bertz CT molecular complexity index is 498. The van der Waals surface area contributed by atoms with Crippen LogP contribution in [0.25, 0.3) is 0 Å². The van der Waals surface area contributed by atoms with Crippen LogP contribution in [0.3, 0.4) is 0 Å². The number of rotatable bonds is 3. The van der Waals surface area contributed by atoms with E-state index in [4.69, 9.17) is 0 Å². The zero-order valence-corrected chi connectivity index (χ0v) is 11.9. The molecule has 2 aromatic rings. The molecule has 18 heavy (non-hydrogen) atoms. The average Bonchev–Trinajstić information content (AvgIpc) is 2.34. The number of hydrogen-bond donors (Lipinski definition) is 0. The van der Waals surface area contributed by atoms with Gasteiger partial charge < -0.3 is 0 Å². The molecule has 0 saturated heterocycles. The largest absolute Gasteiger partial charge is 0.0590 e. The van der Waals surface area contributed by atoms with Crippen molar-refractivity contribution >= 4 is 0 Å². The molecule has 2 rings (SSSR count). The topological polar surface area (TPSA) is 0 Å². The van der Waals surface area contributed by atoms with Crippen LogP contribution < -0.4 is 0 Å². The molecule has 0 aliphatic rings. The van der Waals surface area contributed by atoms with E-state index in [0.717, 1.165) is 12.8 Å². The van der Waals surface area contributed by atoms with Crippen molar-refractivity contribution in [1.29, 1.82) is 0 Å². The summed E-state index contributed by atoms with van der Waals surface area (Å²) in [6.45, 7) is 8.75. The van der Waals surface area contributed by atoms with Gasteiger partial charge in [0.2, 0.25) is 0 Å². The summed E-state index contributed by atoms with van der Waals surface area (Å²) in [5.41, 5.74) is 8.50. The zero-order chi connectivity index (χ0) is 13.1. The minimum Gasteiger partial charge on any atom is -0.0590 e. The maximum absolute atomic E-state index is 2.32. The molecule has 0 saturated carbocycles. The van der Waals surface area contributed by atoms with Gasteiger partial charge >= 0.3 is 0 Å². The molecule has 0 nitrogen and oxygen atoms in total. The van der Waals surface area contributed by atoms with Crippen LogP contribution in [0.2, 0.25) is 0 Å². The highest BCUT2D eigenvalue weighted by Crippen LogP contribution is 2.17.